The molecular formula is C15H27NO3. The highest BCUT2D eigenvalue weighted by Gasteiger charge is 2.28. The Kier molecular flexibility index (Phi) is 7.72. The van der Waals surface area contributed by atoms with Crippen molar-refractivity contribution in [2.45, 2.75) is 64.3 Å². The summed E-state index contributed by atoms with van der Waals surface area (Å²) >= 11 is 0. The molecule has 19 heavy (non-hydrogen) atoms. The van der Waals surface area contributed by atoms with E-state index < -0.39 is 0 Å². The van der Waals surface area contributed by atoms with Gasteiger partial charge in [0.05, 0.1) is 7.11 Å². The van der Waals surface area contributed by atoms with Gasteiger partial charge in [-0.3, -0.25) is 9.59 Å². The molecule has 1 N–H and O–H groups in total. The van der Waals surface area contributed by atoms with Gasteiger partial charge in [0, 0.05) is 12.3 Å². The Morgan fingerprint density at radius 2 is 2.21 bits per heavy atom. The van der Waals surface area contributed by atoms with Crippen molar-refractivity contribution in [1.29, 1.82) is 0 Å². The molecule has 2 atom stereocenters. The largest absolute Gasteiger partial charge is 0.468 e. The molecule has 110 valence electrons. The van der Waals surface area contributed by atoms with Crippen molar-refractivity contribution in [3.05, 3.63) is 0 Å². The average molecular weight is 269 g/mol. The number of nitrogens with one attached hydrogen (secondary N) is 1. The molecule has 0 aromatic carbocycles. The molecule has 1 fully saturated rings. The molecule has 4 heteroatoms. The number of rotatable bonds is 8. The lowest BCUT2D eigenvalue weighted by atomic mass is 9.83. The van der Waals surface area contributed by atoms with Crippen molar-refractivity contribution in [3.8, 4) is 0 Å². The van der Waals surface area contributed by atoms with E-state index in [1.54, 1.807) is 0 Å². The van der Waals surface area contributed by atoms with Gasteiger partial charge in [0.2, 0.25) is 0 Å². The lowest BCUT2D eigenvalue weighted by Crippen LogP contribution is -2.41. The molecule has 1 saturated carbocycles. The second-order valence-corrected chi connectivity index (χ2v) is 5.38. The molecule has 0 spiro atoms. The summed E-state index contributed by atoms with van der Waals surface area (Å²) in [5, 5.41) is 3.25. The van der Waals surface area contributed by atoms with Gasteiger partial charge in [-0.05, 0) is 32.2 Å². The maximum atomic E-state index is 11.8. The number of Topliss-reactive ketones (excluding diaryl/α,β-unsaturated/α-hetero) is 1. The SMILES string of the molecule is CCCCCN[C@@H](CC1CCCCC1=O)C(=O)OC. The van der Waals surface area contributed by atoms with Gasteiger partial charge >= 0.3 is 5.97 Å². The summed E-state index contributed by atoms with van der Waals surface area (Å²) < 4.78 is 4.83. The molecule has 1 aliphatic rings. The van der Waals surface area contributed by atoms with E-state index in [9.17, 15) is 9.59 Å². The molecular weight excluding hydrogens is 242 g/mol. The number of carbonyl (C=O) groups is 2. The number of ether oxygens (including phenoxy) is 1. The zero-order valence-corrected chi connectivity index (χ0v) is 12.2. The minimum Gasteiger partial charge on any atom is -0.468 e. The summed E-state index contributed by atoms with van der Waals surface area (Å²) in [5.74, 6) is 0.113. The van der Waals surface area contributed by atoms with Gasteiger partial charge in [-0.2, -0.15) is 0 Å². The monoisotopic (exact) mass is 269 g/mol. The first-order valence-corrected chi connectivity index (χ1v) is 7.53. The fraction of sp³-hybridized carbons (Fsp3) is 0.867. The van der Waals surface area contributed by atoms with Crippen LogP contribution in [0.25, 0.3) is 0 Å². The molecule has 0 aromatic rings. The number of esters is 1. The summed E-state index contributed by atoms with van der Waals surface area (Å²) in [4.78, 5) is 23.6. The van der Waals surface area contributed by atoms with Crippen LogP contribution in [-0.2, 0) is 14.3 Å². The van der Waals surface area contributed by atoms with E-state index in [0.717, 1.165) is 45.1 Å². The molecule has 0 amide bonds. The highest BCUT2D eigenvalue weighted by molar-refractivity contribution is 5.83. The van der Waals surface area contributed by atoms with E-state index in [-0.39, 0.29) is 17.9 Å². The van der Waals surface area contributed by atoms with Crippen LogP contribution in [0.1, 0.15) is 58.3 Å². The van der Waals surface area contributed by atoms with E-state index in [1.165, 1.54) is 7.11 Å². The van der Waals surface area contributed by atoms with Gasteiger partial charge < -0.3 is 10.1 Å². The number of ketones is 1. The first-order valence-electron chi connectivity index (χ1n) is 7.53. The molecule has 0 aromatic heterocycles. The zero-order valence-electron chi connectivity index (χ0n) is 12.2. The summed E-state index contributed by atoms with van der Waals surface area (Å²) in [6, 6.07) is -0.325. The number of unbranched alkanes of at least 4 members (excludes halogenated alkanes) is 2. The third-order valence-electron chi connectivity index (χ3n) is 3.86. The second-order valence-electron chi connectivity index (χ2n) is 5.38. The maximum Gasteiger partial charge on any atom is 0.322 e. The maximum absolute atomic E-state index is 11.8. The predicted octanol–water partition coefficient (Wildman–Crippen LogP) is 2.46. The number of carbonyl (C=O) groups excluding carboxylic acids is 2. The quantitative estimate of drug-likeness (QED) is 0.543. The molecule has 1 aliphatic carbocycles. The minimum atomic E-state index is -0.325. The van der Waals surface area contributed by atoms with Crippen molar-refractivity contribution in [2.75, 3.05) is 13.7 Å². The zero-order chi connectivity index (χ0) is 14.1. The van der Waals surface area contributed by atoms with Crippen molar-refractivity contribution in [2.24, 2.45) is 5.92 Å². The van der Waals surface area contributed by atoms with Gasteiger partial charge in [-0.1, -0.05) is 26.2 Å². The molecule has 0 aliphatic heterocycles. The molecule has 1 unspecified atom stereocenters. The van der Waals surface area contributed by atoms with Gasteiger partial charge in [0.15, 0.2) is 0 Å². The Balaban J connectivity index is 2.43. The van der Waals surface area contributed by atoms with Crippen LogP contribution in [0.15, 0.2) is 0 Å². The van der Waals surface area contributed by atoms with Crippen molar-refractivity contribution < 1.29 is 14.3 Å². The lowest BCUT2D eigenvalue weighted by Gasteiger charge is -2.25. The van der Waals surface area contributed by atoms with Gasteiger partial charge in [-0.25, -0.2) is 0 Å². The summed E-state index contributed by atoms with van der Waals surface area (Å²) in [7, 11) is 1.41. The lowest BCUT2D eigenvalue weighted by molar-refractivity contribution is -0.144. The smallest absolute Gasteiger partial charge is 0.322 e. The number of methoxy groups -OCH3 is 1. The van der Waals surface area contributed by atoms with E-state index in [4.69, 9.17) is 4.74 Å². The molecule has 0 radical (unpaired) electrons. The Hall–Kier alpha value is -0.900. The van der Waals surface area contributed by atoms with E-state index in [2.05, 4.69) is 12.2 Å². The van der Waals surface area contributed by atoms with Crippen LogP contribution < -0.4 is 5.32 Å². The first-order chi connectivity index (χ1) is 9.19. The van der Waals surface area contributed by atoms with Crippen LogP contribution in [0.4, 0.5) is 0 Å². The molecule has 0 saturated heterocycles. The van der Waals surface area contributed by atoms with Crippen molar-refractivity contribution >= 4 is 11.8 Å². The Morgan fingerprint density at radius 1 is 1.42 bits per heavy atom. The van der Waals surface area contributed by atoms with E-state index in [0.29, 0.717) is 18.6 Å². The Morgan fingerprint density at radius 3 is 2.84 bits per heavy atom. The normalized spacial score (nSPS) is 21.2. The van der Waals surface area contributed by atoms with Gasteiger partial charge in [-0.15, -0.1) is 0 Å². The highest BCUT2D eigenvalue weighted by atomic mass is 16.5. The highest BCUT2D eigenvalue weighted by Crippen LogP contribution is 2.24. The molecule has 4 nitrogen and oxygen atoms in total. The van der Waals surface area contributed by atoms with Crippen LogP contribution in [0, 0.1) is 5.92 Å². The van der Waals surface area contributed by atoms with Gasteiger partial charge in [0.1, 0.15) is 11.8 Å². The summed E-state index contributed by atoms with van der Waals surface area (Å²) in [6.07, 6.45) is 7.66. The minimum absolute atomic E-state index is 0.0384. The topological polar surface area (TPSA) is 55.4 Å². The van der Waals surface area contributed by atoms with E-state index >= 15 is 0 Å². The van der Waals surface area contributed by atoms with Crippen molar-refractivity contribution in [1.82, 2.24) is 5.32 Å². The molecule has 0 bridgehead atoms. The van der Waals surface area contributed by atoms with Crippen molar-refractivity contribution in [3.63, 3.8) is 0 Å². The summed E-state index contributed by atoms with van der Waals surface area (Å²) in [6.45, 7) is 2.97. The van der Waals surface area contributed by atoms with Crippen LogP contribution in [0.5, 0.6) is 0 Å². The first kappa shape index (κ1) is 16.2. The van der Waals surface area contributed by atoms with Gasteiger partial charge in [0.25, 0.3) is 0 Å². The van der Waals surface area contributed by atoms with Crippen LogP contribution >= 0.6 is 0 Å². The standard InChI is InChI=1S/C15H27NO3/c1-3-4-7-10-16-13(15(18)19-2)11-12-8-5-6-9-14(12)17/h12-13,16H,3-11H2,1-2H3/t12?,13-/m0/s1. The third kappa shape index (κ3) is 5.72. The number of hydrogen-bond donors (Lipinski definition) is 1. The number of hydrogen-bond acceptors (Lipinski definition) is 4. The average Bonchev–Trinajstić information content (AvgIpc) is 2.43. The third-order valence-corrected chi connectivity index (χ3v) is 3.86. The predicted molar refractivity (Wildman–Crippen MR) is 74.9 cm³/mol. The fourth-order valence-electron chi connectivity index (χ4n) is 2.65. The Bertz CT molecular complexity index is 291. The second kappa shape index (κ2) is 9.08. The Labute approximate surface area is 116 Å². The molecule has 1 rings (SSSR count). The van der Waals surface area contributed by atoms with Crippen LogP contribution in [0.2, 0.25) is 0 Å². The van der Waals surface area contributed by atoms with Crippen LogP contribution in [0.3, 0.4) is 0 Å². The van der Waals surface area contributed by atoms with E-state index in [1.807, 2.05) is 0 Å². The summed E-state index contributed by atoms with van der Waals surface area (Å²) in [5.41, 5.74) is 0. The molecule has 0 heterocycles. The van der Waals surface area contributed by atoms with Crippen LogP contribution in [-0.4, -0.2) is 31.4 Å². The fourth-order valence-corrected chi connectivity index (χ4v) is 2.65.